The van der Waals surface area contributed by atoms with Crippen LogP contribution >= 0.6 is 22.7 Å². The Bertz CT molecular complexity index is 1520. The molecule has 3 aromatic rings. The Balaban J connectivity index is 0.935. The van der Waals surface area contributed by atoms with Crippen LogP contribution in [0.15, 0.2) is 22.3 Å². The van der Waals surface area contributed by atoms with E-state index in [1.807, 2.05) is 10.3 Å². The fourth-order valence-electron chi connectivity index (χ4n) is 6.90. The molecule has 2 saturated heterocycles. The third-order valence-electron chi connectivity index (χ3n) is 9.86. The predicted molar refractivity (Wildman–Crippen MR) is 190 cm³/mol. The number of likely N-dealkylation sites (tertiary alicyclic amines) is 1. The van der Waals surface area contributed by atoms with Crippen molar-refractivity contribution in [1.29, 1.82) is 0 Å². The van der Waals surface area contributed by atoms with Crippen molar-refractivity contribution in [2.24, 2.45) is 5.41 Å². The number of unbranched alkanes of at least 4 members (excludes halogenated alkanes) is 2. The molecule has 2 aliphatic heterocycles. The maximum Gasteiger partial charge on any atom is 0.305 e. The number of aromatic nitrogens is 2. The molecule has 1 unspecified atom stereocenters. The monoisotopic (exact) mass is 687 g/mol. The molecule has 2 aliphatic rings. The average molecular weight is 688 g/mol. The van der Waals surface area contributed by atoms with Crippen LogP contribution < -0.4 is 10.2 Å². The number of phenolic OH excluding ortho intramolecular Hbond substituents is 1. The minimum Gasteiger partial charge on any atom is -0.506 e. The lowest BCUT2D eigenvalue weighted by Crippen LogP contribution is -2.58. The quantitative estimate of drug-likeness (QED) is 0.146. The Morgan fingerprint density at radius 1 is 1.15 bits per heavy atom. The standard InChI is InChI=1S/C35H53N5O5S2/c1-24(2)31-37-26(22-46-31)32(43)40-19-20-45-35(23-40)13-17-39(18-14-35)16-7-5-6-11-34(3,4)12-8-15-36-21-28(42)25-9-10-27(41)29-30(25)47-33(44)38-29/h9-10,22,24,28,36,41-42H,5-8,11-21,23H2,1-4H3,(H,38,44). The zero-order chi connectivity index (χ0) is 33.6. The lowest BCUT2D eigenvalue weighted by Gasteiger charge is -2.47. The number of H-pyrrole nitrogens is 1. The Morgan fingerprint density at radius 2 is 1.91 bits per heavy atom. The fourth-order valence-corrected chi connectivity index (χ4v) is 8.63. The van der Waals surface area contributed by atoms with E-state index in [0.29, 0.717) is 53.6 Å². The number of benzene rings is 1. The molecule has 2 fully saturated rings. The van der Waals surface area contributed by atoms with E-state index in [1.165, 1.54) is 31.7 Å². The highest BCUT2D eigenvalue weighted by molar-refractivity contribution is 7.16. The highest BCUT2D eigenvalue weighted by atomic mass is 32.1. The molecule has 260 valence electrons. The maximum atomic E-state index is 13.2. The number of thiazole rings is 2. The molecular formula is C35H53N5O5S2. The minimum atomic E-state index is -0.746. The summed E-state index contributed by atoms with van der Waals surface area (Å²) in [5, 5.41) is 27.0. The van der Waals surface area contributed by atoms with Crippen LogP contribution in [0.5, 0.6) is 5.75 Å². The number of nitrogens with zero attached hydrogens (tertiary/aromatic N) is 3. The molecule has 0 aliphatic carbocycles. The molecule has 1 amide bonds. The molecule has 1 atom stereocenters. The zero-order valence-electron chi connectivity index (χ0n) is 28.5. The number of morpholine rings is 1. The minimum absolute atomic E-state index is 0.0222. The van der Waals surface area contributed by atoms with Crippen molar-refractivity contribution in [1.82, 2.24) is 25.1 Å². The van der Waals surface area contributed by atoms with Crippen molar-refractivity contribution in [3.63, 3.8) is 0 Å². The first-order valence-corrected chi connectivity index (χ1v) is 19.0. The lowest BCUT2D eigenvalue weighted by atomic mass is 9.82. The van der Waals surface area contributed by atoms with Gasteiger partial charge >= 0.3 is 4.87 Å². The summed E-state index contributed by atoms with van der Waals surface area (Å²) >= 11 is 2.59. The van der Waals surface area contributed by atoms with E-state index >= 15 is 0 Å². The van der Waals surface area contributed by atoms with Gasteiger partial charge in [-0.1, -0.05) is 57.9 Å². The van der Waals surface area contributed by atoms with Gasteiger partial charge < -0.3 is 35.1 Å². The van der Waals surface area contributed by atoms with Gasteiger partial charge in [0.15, 0.2) is 0 Å². The molecule has 4 heterocycles. The van der Waals surface area contributed by atoms with E-state index in [2.05, 4.69) is 47.9 Å². The van der Waals surface area contributed by atoms with Crippen LogP contribution in [-0.4, -0.2) is 93.9 Å². The predicted octanol–water partition coefficient (Wildman–Crippen LogP) is 5.87. The Morgan fingerprint density at radius 3 is 2.66 bits per heavy atom. The average Bonchev–Trinajstić information content (AvgIpc) is 3.69. The van der Waals surface area contributed by atoms with Crippen molar-refractivity contribution in [2.45, 2.75) is 96.7 Å². The normalized spacial score (nSPS) is 18.0. The molecule has 0 bridgehead atoms. The first-order chi connectivity index (χ1) is 22.5. The molecule has 1 aromatic carbocycles. The van der Waals surface area contributed by atoms with Gasteiger partial charge in [-0.05, 0) is 63.1 Å². The van der Waals surface area contributed by atoms with Gasteiger partial charge in [-0.15, -0.1) is 11.3 Å². The Kier molecular flexibility index (Phi) is 12.2. The number of ether oxygens (including phenoxy) is 1. The largest absolute Gasteiger partial charge is 0.506 e. The van der Waals surface area contributed by atoms with Crippen molar-refractivity contribution < 1.29 is 19.7 Å². The molecule has 12 heteroatoms. The Labute approximate surface area is 286 Å². The second-order valence-electron chi connectivity index (χ2n) is 14.5. The number of aromatic amines is 1. The molecule has 47 heavy (non-hydrogen) atoms. The van der Waals surface area contributed by atoms with Crippen LogP contribution in [0, 0.1) is 5.41 Å². The number of carbonyl (C=O) groups is 1. The van der Waals surface area contributed by atoms with E-state index < -0.39 is 6.10 Å². The number of phenols is 1. The van der Waals surface area contributed by atoms with Crippen LogP contribution in [0.25, 0.3) is 10.2 Å². The third-order valence-corrected chi connectivity index (χ3v) is 11.9. The number of carbonyl (C=O) groups excluding carboxylic acids is 1. The van der Waals surface area contributed by atoms with Gasteiger partial charge in [-0.3, -0.25) is 9.59 Å². The van der Waals surface area contributed by atoms with Gasteiger partial charge in [0.05, 0.1) is 34.6 Å². The number of hydrogen-bond donors (Lipinski definition) is 4. The molecule has 0 saturated carbocycles. The number of amides is 1. The van der Waals surface area contributed by atoms with E-state index in [-0.39, 0.29) is 27.5 Å². The van der Waals surface area contributed by atoms with Gasteiger partial charge in [0.25, 0.3) is 5.91 Å². The van der Waals surface area contributed by atoms with Crippen LogP contribution in [-0.2, 0) is 4.74 Å². The number of piperidine rings is 1. The fraction of sp³-hybridized carbons (Fsp3) is 0.686. The van der Waals surface area contributed by atoms with E-state index in [1.54, 1.807) is 17.4 Å². The lowest BCUT2D eigenvalue weighted by molar-refractivity contribution is -0.127. The van der Waals surface area contributed by atoms with Gasteiger partial charge in [0, 0.05) is 43.0 Å². The van der Waals surface area contributed by atoms with Crippen LogP contribution in [0.4, 0.5) is 0 Å². The molecule has 4 N–H and O–H groups in total. The van der Waals surface area contributed by atoms with E-state index in [4.69, 9.17) is 4.74 Å². The van der Waals surface area contributed by atoms with Gasteiger partial charge in [0.2, 0.25) is 0 Å². The first-order valence-electron chi connectivity index (χ1n) is 17.3. The molecule has 1 spiro atoms. The summed E-state index contributed by atoms with van der Waals surface area (Å²) in [6.07, 6.45) is 8.20. The van der Waals surface area contributed by atoms with Crippen molar-refractivity contribution in [3.05, 3.63) is 43.4 Å². The van der Waals surface area contributed by atoms with E-state index in [0.717, 1.165) is 68.2 Å². The summed E-state index contributed by atoms with van der Waals surface area (Å²) in [5.74, 6) is 0.401. The number of rotatable bonds is 15. The maximum absolute atomic E-state index is 13.2. The molecule has 0 radical (unpaired) electrons. The van der Waals surface area contributed by atoms with Crippen molar-refractivity contribution in [2.75, 3.05) is 52.4 Å². The van der Waals surface area contributed by atoms with Crippen molar-refractivity contribution >= 4 is 38.8 Å². The number of fused-ring (bicyclic) bond motifs is 1. The summed E-state index contributed by atoms with van der Waals surface area (Å²) in [4.78, 5) is 36.5. The number of aliphatic hydroxyl groups is 1. The smallest absolute Gasteiger partial charge is 0.305 e. The molecule has 10 nitrogen and oxygen atoms in total. The van der Waals surface area contributed by atoms with Gasteiger partial charge in [-0.25, -0.2) is 4.98 Å². The van der Waals surface area contributed by atoms with Gasteiger partial charge in [-0.2, -0.15) is 0 Å². The number of nitrogens with one attached hydrogen (secondary N) is 2. The topological polar surface area (TPSA) is 131 Å². The molecule has 5 rings (SSSR count). The summed E-state index contributed by atoms with van der Waals surface area (Å²) in [6.45, 7) is 15.2. The van der Waals surface area contributed by atoms with Crippen LogP contribution in [0.1, 0.15) is 112 Å². The second-order valence-corrected chi connectivity index (χ2v) is 16.4. The number of hydrogen-bond acceptors (Lipinski definition) is 10. The number of aromatic hydroxyl groups is 1. The third kappa shape index (κ3) is 9.42. The highest BCUT2D eigenvalue weighted by Crippen LogP contribution is 2.33. The van der Waals surface area contributed by atoms with Crippen molar-refractivity contribution in [3.8, 4) is 5.75 Å². The highest BCUT2D eigenvalue weighted by Gasteiger charge is 2.41. The summed E-state index contributed by atoms with van der Waals surface area (Å²) in [7, 11) is 0. The zero-order valence-corrected chi connectivity index (χ0v) is 30.1. The Hall–Kier alpha value is -2.35. The summed E-state index contributed by atoms with van der Waals surface area (Å²) in [5.41, 5.74) is 1.68. The summed E-state index contributed by atoms with van der Waals surface area (Å²) < 4.78 is 6.93. The number of aliphatic hydroxyl groups excluding tert-OH is 1. The molecule has 2 aromatic heterocycles. The van der Waals surface area contributed by atoms with E-state index in [9.17, 15) is 19.8 Å². The van der Waals surface area contributed by atoms with Gasteiger partial charge in [0.1, 0.15) is 17.0 Å². The first kappa shape index (κ1) is 35.9. The molecular weight excluding hydrogens is 635 g/mol. The van der Waals surface area contributed by atoms with Crippen LogP contribution in [0.3, 0.4) is 0 Å². The SMILES string of the molecule is CC(C)c1nc(C(=O)N2CCOC3(CCN(CCCCCC(C)(C)CCCNCC(O)c4ccc(O)c5[nH]c(=O)sc45)CC3)C2)cs1. The second kappa shape index (κ2) is 15.9. The van der Waals surface area contributed by atoms with Crippen LogP contribution in [0.2, 0.25) is 0 Å². The summed E-state index contributed by atoms with van der Waals surface area (Å²) in [6, 6.07) is 3.21.